The number of nitrogens with zero attached hydrogens (tertiary/aromatic N) is 1. The lowest BCUT2D eigenvalue weighted by Gasteiger charge is -2.16. The zero-order valence-corrected chi connectivity index (χ0v) is 11.0. The van der Waals surface area contributed by atoms with Crippen molar-refractivity contribution in [1.82, 2.24) is 10.2 Å². The molecule has 1 aliphatic heterocycles. The lowest BCUT2D eigenvalue weighted by Crippen LogP contribution is -2.40. The van der Waals surface area contributed by atoms with Gasteiger partial charge in [-0.25, -0.2) is 4.79 Å². The van der Waals surface area contributed by atoms with Gasteiger partial charge in [0.2, 0.25) is 0 Å². The lowest BCUT2D eigenvalue weighted by atomic mass is 10.1. The fourth-order valence-corrected chi connectivity index (χ4v) is 1.84. The molecule has 0 unspecified atom stereocenters. The van der Waals surface area contributed by atoms with E-state index in [1.54, 1.807) is 38.1 Å². The summed E-state index contributed by atoms with van der Waals surface area (Å²) in [5.41, 5.74) is 5.38. The van der Waals surface area contributed by atoms with Gasteiger partial charge in [-0.05, 0) is 38.1 Å². The molecule has 6 nitrogen and oxygen atoms in total. The molecule has 1 saturated heterocycles. The average Bonchev–Trinajstić information content (AvgIpc) is 2.53. The second-order valence-electron chi connectivity index (χ2n) is 4.93. The SMILES string of the molecule is CC1(C)NC(=O)N(CCOc2ccc(N)cc2)C1=O. The number of nitrogens with two attached hydrogens (primary N) is 1. The molecule has 1 heterocycles. The number of urea groups is 1. The van der Waals surface area contributed by atoms with E-state index in [4.69, 9.17) is 10.5 Å². The molecule has 0 aliphatic carbocycles. The van der Waals surface area contributed by atoms with Crippen molar-refractivity contribution >= 4 is 17.6 Å². The maximum Gasteiger partial charge on any atom is 0.325 e. The standard InChI is InChI=1S/C13H17N3O3/c1-13(2)11(17)16(12(18)15-13)7-8-19-10-5-3-9(14)4-6-10/h3-6H,7-8,14H2,1-2H3,(H,15,18). The number of hydrogen-bond acceptors (Lipinski definition) is 4. The third kappa shape index (κ3) is 2.78. The fraction of sp³-hybridized carbons (Fsp3) is 0.385. The van der Waals surface area contributed by atoms with E-state index < -0.39 is 5.54 Å². The second-order valence-corrected chi connectivity index (χ2v) is 4.93. The Morgan fingerprint density at radius 3 is 2.42 bits per heavy atom. The van der Waals surface area contributed by atoms with Crippen LogP contribution in [-0.4, -0.2) is 35.5 Å². The maximum atomic E-state index is 11.9. The summed E-state index contributed by atoms with van der Waals surface area (Å²) in [4.78, 5) is 24.7. The average molecular weight is 263 g/mol. The van der Waals surface area contributed by atoms with Crippen molar-refractivity contribution in [3.63, 3.8) is 0 Å². The van der Waals surface area contributed by atoms with E-state index in [2.05, 4.69) is 5.32 Å². The zero-order valence-electron chi connectivity index (χ0n) is 11.0. The van der Waals surface area contributed by atoms with Gasteiger partial charge >= 0.3 is 6.03 Å². The third-order valence-electron chi connectivity index (χ3n) is 2.91. The zero-order chi connectivity index (χ0) is 14.0. The molecule has 1 fully saturated rings. The Hall–Kier alpha value is -2.24. The largest absolute Gasteiger partial charge is 0.492 e. The van der Waals surface area contributed by atoms with Gasteiger partial charge in [0.15, 0.2) is 0 Å². The summed E-state index contributed by atoms with van der Waals surface area (Å²) in [6.07, 6.45) is 0. The van der Waals surface area contributed by atoms with Crippen LogP contribution in [0.15, 0.2) is 24.3 Å². The number of amides is 3. The quantitative estimate of drug-likeness (QED) is 0.626. The van der Waals surface area contributed by atoms with Crippen LogP contribution in [0.5, 0.6) is 5.75 Å². The van der Waals surface area contributed by atoms with Crippen LogP contribution in [0.1, 0.15) is 13.8 Å². The molecule has 3 N–H and O–H groups in total. The summed E-state index contributed by atoms with van der Waals surface area (Å²) in [7, 11) is 0. The molecule has 1 aliphatic rings. The van der Waals surface area contributed by atoms with Crippen molar-refractivity contribution < 1.29 is 14.3 Å². The Balaban J connectivity index is 1.88. The molecule has 19 heavy (non-hydrogen) atoms. The minimum Gasteiger partial charge on any atom is -0.492 e. The van der Waals surface area contributed by atoms with Crippen molar-refractivity contribution in [2.24, 2.45) is 0 Å². The van der Waals surface area contributed by atoms with Crippen molar-refractivity contribution in [3.05, 3.63) is 24.3 Å². The summed E-state index contributed by atoms with van der Waals surface area (Å²) in [6, 6.07) is 6.56. The Kier molecular flexibility index (Phi) is 3.33. The number of nitrogen functional groups attached to an aromatic ring is 1. The number of ether oxygens (including phenoxy) is 1. The molecule has 2 rings (SSSR count). The number of carbonyl (C=O) groups excluding carboxylic acids is 2. The number of benzene rings is 1. The third-order valence-corrected chi connectivity index (χ3v) is 2.91. The van der Waals surface area contributed by atoms with Gasteiger partial charge in [-0.1, -0.05) is 0 Å². The molecular weight excluding hydrogens is 246 g/mol. The van der Waals surface area contributed by atoms with Gasteiger partial charge in [0.25, 0.3) is 5.91 Å². The van der Waals surface area contributed by atoms with Gasteiger partial charge in [0.05, 0.1) is 6.54 Å². The summed E-state index contributed by atoms with van der Waals surface area (Å²) in [5.74, 6) is 0.416. The van der Waals surface area contributed by atoms with E-state index in [0.29, 0.717) is 11.4 Å². The van der Waals surface area contributed by atoms with Crippen molar-refractivity contribution in [2.45, 2.75) is 19.4 Å². The maximum absolute atomic E-state index is 11.9. The molecule has 0 bridgehead atoms. The Bertz CT molecular complexity index is 496. The molecule has 0 aromatic heterocycles. The van der Waals surface area contributed by atoms with Gasteiger partial charge in [-0.2, -0.15) is 0 Å². The molecule has 6 heteroatoms. The molecule has 1 aromatic carbocycles. The monoisotopic (exact) mass is 263 g/mol. The number of rotatable bonds is 4. The lowest BCUT2D eigenvalue weighted by molar-refractivity contribution is -0.130. The Labute approximate surface area is 111 Å². The number of carbonyl (C=O) groups is 2. The molecule has 0 atom stereocenters. The van der Waals surface area contributed by atoms with Gasteiger partial charge < -0.3 is 15.8 Å². The highest BCUT2D eigenvalue weighted by molar-refractivity contribution is 6.06. The Morgan fingerprint density at radius 2 is 1.89 bits per heavy atom. The summed E-state index contributed by atoms with van der Waals surface area (Å²) in [5, 5.41) is 2.61. The van der Waals surface area contributed by atoms with Crippen LogP contribution in [0.2, 0.25) is 0 Å². The number of anilines is 1. The summed E-state index contributed by atoms with van der Waals surface area (Å²) < 4.78 is 5.46. The predicted octanol–water partition coefficient (Wildman–Crippen LogP) is 0.978. The fourth-order valence-electron chi connectivity index (χ4n) is 1.84. The predicted molar refractivity (Wildman–Crippen MR) is 70.7 cm³/mol. The second kappa shape index (κ2) is 4.79. The Morgan fingerprint density at radius 1 is 1.26 bits per heavy atom. The van der Waals surface area contributed by atoms with Crippen LogP contribution in [-0.2, 0) is 4.79 Å². The van der Waals surface area contributed by atoms with Crippen LogP contribution < -0.4 is 15.8 Å². The molecule has 1 aromatic rings. The first-order chi connectivity index (χ1) is 8.90. The van der Waals surface area contributed by atoms with Crippen LogP contribution in [0.3, 0.4) is 0 Å². The first kappa shape index (κ1) is 13.2. The van der Waals surface area contributed by atoms with Gasteiger partial charge in [-0.3, -0.25) is 9.69 Å². The van der Waals surface area contributed by atoms with E-state index in [-0.39, 0.29) is 25.1 Å². The minimum atomic E-state index is -0.835. The minimum absolute atomic E-state index is 0.221. The molecule has 0 saturated carbocycles. The smallest absolute Gasteiger partial charge is 0.325 e. The molecule has 0 spiro atoms. The highest BCUT2D eigenvalue weighted by Crippen LogP contribution is 2.17. The first-order valence-electron chi connectivity index (χ1n) is 6.02. The number of imide groups is 1. The summed E-state index contributed by atoms with van der Waals surface area (Å²) in [6.45, 7) is 3.82. The van der Waals surface area contributed by atoms with E-state index in [1.165, 1.54) is 0 Å². The molecular formula is C13H17N3O3. The van der Waals surface area contributed by atoms with E-state index in [0.717, 1.165) is 4.90 Å². The van der Waals surface area contributed by atoms with Gasteiger partial charge in [0, 0.05) is 5.69 Å². The van der Waals surface area contributed by atoms with Gasteiger partial charge in [0.1, 0.15) is 17.9 Å². The van der Waals surface area contributed by atoms with Crippen molar-refractivity contribution in [1.29, 1.82) is 0 Å². The van der Waals surface area contributed by atoms with Crippen LogP contribution >= 0.6 is 0 Å². The van der Waals surface area contributed by atoms with E-state index in [1.807, 2.05) is 0 Å². The van der Waals surface area contributed by atoms with Gasteiger partial charge in [-0.15, -0.1) is 0 Å². The van der Waals surface area contributed by atoms with E-state index in [9.17, 15) is 9.59 Å². The molecule has 0 radical (unpaired) electrons. The van der Waals surface area contributed by atoms with E-state index >= 15 is 0 Å². The van der Waals surface area contributed by atoms with Crippen molar-refractivity contribution in [2.75, 3.05) is 18.9 Å². The highest BCUT2D eigenvalue weighted by atomic mass is 16.5. The van der Waals surface area contributed by atoms with Crippen molar-refractivity contribution in [3.8, 4) is 5.75 Å². The first-order valence-corrected chi connectivity index (χ1v) is 6.02. The van der Waals surface area contributed by atoms with Crippen LogP contribution in [0, 0.1) is 0 Å². The molecule has 3 amide bonds. The number of hydrogen-bond donors (Lipinski definition) is 2. The topological polar surface area (TPSA) is 84.7 Å². The normalized spacial score (nSPS) is 17.5. The van der Waals surface area contributed by atoms with Crippen LogP contribution in [0.25, 0.3) is 0 Å². The summed E-state index contributed by atoms with van der Waals surface area (Å²) >= 11 is 0. The number of nitrogens with one attached hydrogen (secondary N) is 1. The molecule has 102 valence electrons. The van der Waals surface area contributed by atoms with Crippen LogP contribution in [0.4, 0.5) is 10.5 Å². The highest BCUT2D eigenvalue weighted by Gasteiger charge is 2.43.